The highest BCUT2D eigenvalue weighted by molar-refractivity contribution is 6.04. The lowest BCUT2D eigenvalue weighted by atomic mass is 9.62. The largest absolute Gasteiger partial charge is 0.497 e. The van der Waals surface area contributed by atoms with Crippen LogP contribution in [0, 0.1) is 17.8 Å². The molecule has 7 atom stereocenters. The lowest BCUT2D eigenvalue weighted by molar-refractivity contribution is -0.149. The quantitative estimate of drug-likeness (QED) is 0.329. The van der Waals surface area contributed by atoms with Crippen molar-refractivity contribution in [2.75, 3.05) is 19.0 Å². The summed E-state index contributed by atoms with van der Waals surface area (Å²) in [5.74, 6) is -2.17. The summed E-state index contributed by atoms with van der Waals surface area (Å²) in [7, 11) is 1.57. The summed E-state index contributed by atoms with van der Waals surface area (Å²) in [4.78, 5) is 44.4. The van der Waals surface area contributed by atoms with E-state index in [1.165, 1.54) is 4.90 Å². The molecule has 3 heterocycles. The molecule has 0 aliphatic carbocycles. The Kier molecular flexibility index (Phi) is 7.94. The van der Waals surface area contributed by atoms with Gasteiger partial charge in [-0.2, -0.15) is 0 Å². The molecule has 3 saturated heterocycles. The summed E-state index contributed by atoms with van der Waals surface area (Å²) in [6.07, 6.45) is 0.777. The lowest BCUT2D eigenvalue weighted by Gasteiger charge is -2.37. The Labute approximate surface area is 257 Å². The maximum absolute atomic E-state index is 14.6. The molecule has 0 radical (unpaired) electrons. The molecule has 3 fully saturated rings. The third kappa shape index (κ3) is 4.94. The average molecular weight is 598 g/mol. The van der Waals surface area contributed by atoms with Crippen LogP contribution in [0.15, 0.2) is 84.9 Å². The van der Waals surface area contributed by atoms with Gasteiger partial charge in [-0.1, -0.05) is 67.6 Å². The van der Waals surface area contributed by atoms with Gasteiger partial charge < -0.3 is 30.1 Å². The van der Waals surface area contributed by atoms with Crippen LogP contribution in [-0.2, 0) is 32.1 Å². The van der Waals surface area contributed by atoms with Crippen LogP contribution in [0.1, 0.15) is 31.4 Å². The molecule has 9 nitrogen and oxygen atoms in total. The Morgan fingerprint density at radius 2 is 1.64 bits per heavy atom. The summed E-state index contributed by atoms with van der Waals surface area (Å²) in [5, 5.41) is 16.7. The highest BCUT2D eigenvalue weighted by Crippen LogP contribution is 2.65. The van der Waals surface area contributed by atoms with E-state index in [0.29, 0.717) is 30.8 Å². The van der Waals surface area contributed by atoms with Crippen molar-refractivity contribution in [1.29, 1.82) is 0 Å². The van der Waals surface area contributed by atoms with E-state index in [0.717, 1.165) is 11.1 Å². The highest BCUT2D eigenvalue weighted by Gasteiger charge is 2.80. The average Bonchev–Trinajstić information content (AvgIpc) is 3.56. The standard InChI is InChI=1S/C35H39N3O6/c1-22-19-35-29(28(34(22,2)44-35)31(40)36-20-24-12-8-5-9-13-24)33(42)38(26(21-39)18-23-10-6-4-7-11-23)30(35)32(41)37-25-14-16-27(43-3)17-15-25/h4-17,22,26,28-30,39H,18-21H2,1-3H3,(H,36,40)(H,37,41)/t22?,26-,28+,29+,30?,34-,35?/m1/s1. The number of aliphatic hydroxyl groups excluding tert-OH is 1. The van der Waals surface area contributed by atoms with Gasteiger partial charge in [0.25, 0.3) is 0 Å². The van der Waals surface area contributed by atoms with E-state index in [9.17, 15) is 19.5 Å². The molecular weight excluding hydrogens is 558 g/mol. The molecule has 3 aliphatic rings. The van der Waals surface area contributed by atoms with Gasteiger partial charge in [0.1, 0.15) is 17.4 Å². The van der Waals surface area contributed by atoms with Crippen molar-refractivity contribution < 1.29 is 29.0 Å². The van der Waals surface area contributed by atoms with Crippen LogP contribution in [0.25, 0.3) is 0 Å². The van der Waals surface area contributed by atoms with Gasteiger partial charge in [0.2, 0.25) is 17.7 Å². The third-order valence-corrected chi connectivity index (χ3v) is 9.87. The fourth-order valence-electron chi connectivity index (χ4n) is 7.69. The maximum Gasteiger partial charge on any atom is 0.250 e. The topological polar surface area (TPSA) is 117 Å². The number of benzene rings is 3. The molecule has 44 heavy (non-hydrogen) atoms. The van der Waals surface area contributed by atoms with E-state index in [2.05, 4.69) is 10.6 Å². The summed E-state index contributed by atoms with van der Waals surface area (Å²) in [5.41, 5.74) is 0.222. The molecular formula is C35H39N3O6. The van der Waals surface area contributed by atoms with Crippen molar-refractivity contribution in [3.63, 3.8) is 0 Å². The van der Waals surface area contributed by atoms with Gasteiger partial charge in [0.05, 0.1) is 37.2 Å². The Balaban J connectivity index is 1.38. The summed E-state index contributed by atoms with van der Waals surface area (Å²) in [6, 6.07) is 24.4. The molecule has 3 aliphatic heterocycles. The van der Waals surface area contributed by atoms with Crippen molar-refractivity contribution in [1.82, 2.24) is 10.2 Å². The van der Waals surface area contributed by atoms with E-state index in [4.69, 9.17) is 9.47 Å². The van der Waals surface area contributed by atoms with Crippen LogP contribution in [-0.4, -0.2) is 64.7 Å². The van der Waals surface area contributed by atoms with Crippen LogP contribution in [0.2, 0.25) is 0 Å². The fourth-order valence-corrected chi connectivity index (χ4v) is 7.69. The number of hydrogen-bond donors (Lipinski definition) is 3. The second-order valence-corrected chi connectivity index (χ2v) is 12.4. The van der Waals surface area contributed by atoms with Crippen LogP contribution in [0.4, 0.5) is 5.69 Å². The molecule has 3 aromatic carbocycles. The third-order valence-electron chi connectivity index (χ3n) is 9.87. The van der Waals surface area contributed by atoms with E-state index < -0.39 is 41.0 Å². The highest BCUT2D eigenvalue weighted by atomic mass is 16.5. The minimum absolute atomic E-state index is 0.100. The predicted molar refractivity (Wildman–Crippen MR) is 165 cm³/mol. The Morgan fingerprint density at radius 1 is 1.00 bits per heavy atom. The number of ether oxygens (including phenoxy) is 2. The minimum atomic E-state index is -1.24. The molecule has 0 saturated carbocycles. The molecule has 2 bridgehead atoms. The maximum atomic E-state index is 14.6. The van der Waals surface area contributed by atoms with E-state index in [1.54, 1.807) is 31.4 Å². The van der Waals surface area contributed by atoms with Gasteiger partial charge >= 0.3 is 0 Å². The number of anilines is 1. The summed E-state index contributed by atoms with van der Waals surface area (Å²) in [6.45, 7) is 3.86. The zero-order valence-corrected chi connectivity index (χ0v) is 25.2. The van der Waals surface area contributed by atoms with Crippen molar-refractivity contribution in [2.45, 2.75) is 56.5 Å². The first-order valence-electron chi connectivity index (χ1n) is 15.2. The van der Waals surface area contributed by atoms with E-state index >= 15 is 0 Å². The van der Waals surface area contributed by atoms with Crippen molar-refractivity contribution in [2.24, 2.45) is 17.8 Å². The SMILES string of the molecule is COc1ccc(NC(=O)C2N([C@@H](CO)Cc3ccccc3)C(=O)[C@@H]3[C@@H](C(=O)NCc4ccccc4)[C@]4(C)OC23CC4C)cc1. The second-order valence-electron chi connectivity index (χ2n) is 12.4. The first-order chi connectivity index (χ1) is 21.2. The molecule has 6 rings (SSSR count). The normalized spacial score (nSPS) is 29.3. The number of rotatable bonds is 10. The van der Waals surface area contributed by atoms with Crippen molar-refractivity contribution in [3.05, 3.63) is 96.1 Å². The molecule has 3 unspecified atom stereocenters. The number of nitrogens with one attached hydrogen (secondary N) is 2. The molecule has 1 spiro atoms. The number of nitrogens with zero attached hydrogens (tertiary/aromatic N) is 1. The van der Waals surface area contributed by atoms with Gasteiger partial charge in [0, 0.05) is 12.2 Å². The summed E-state index contributed by atoms with van der Waals surface area (Å²) >= 11 is 0. The molecule has 3 amide bonds. The number of amides is 3. The molecule has 3 aromatic rings. The van der Waals surface area contributed by atoms with Gasteiger partial charge in [-0.25, -0.2) is 0 Å². The molecule has 0 aromatic heterocycles. The molecule has 3 N–H and O–H groups in total. The number of methoxy groups -OCH3 is 1. The zero-order valence-electron chi connectivity index (χ0n) is 25.2. The van der Waals surface area contributed by atoms with E-state index in [1.807, 2.05) is 74.5 Å². The minimum Gasteiger partial charge on any atom is -0.497 e. The number of likely N-dealkylation sites (tertiary alicyclic amines) is 1. The van der Waals surface area contributed by atoms with Crippen molar-refractivity contribution in [3.8, 4) is 5.75 Å². The Hall–Kier alpha value is -4.21. The van der Waals surface area contributed by atoms with Crippen LogP contribution >= 0.6 is 0 Å². The number of aliphatic hydroxyl groups is 1. The molecule has 230 valence electrons. The molecule has 9 heteroatoms. The number of hydrogen-bond acceptors (Lipinski definition) is 6. The summed E-state index contributed by atoms with van der Waals surface area (Å²) < 4.78 is 12.1. The van der Waals surface area contributed by atoms with Gasteiger partial charge in [-0.15, -0.1) is 0 Å². The monoisotopic (exact) mass is 597 g/mol. The second kappa shape index (κ2) is 11.7. The fraction of sp³-hybridized carbons (Fsp3) is 0.400. The van der Waals surface area contributed by atoms with Crippen LogP contribution in [0.5, 0.6) is 5.75 Å². The van der Waals surface area contributed by atoms with Crippen LogP contribution in [0.3, 0.4) is 0 Å². The lowest BCUT2D eigenvalue weighted by Crippen LogP contribution is -2.57. The van der Waals surface area contributed by atoms with Gasteiger partial charge in [-0.05, 0) is 61.1 Å². The van der Waals surface area contributed by atoms with E-state index in [-0.39, 0.29) is 24.3 Å². The number of fused-ring (bicyclic) bond motifs is 1. The van der Waals surface area contributed by atoms with Crippen molar-refractivity contribution >= 4 is 23.4 Å². The first kappa shape index (κ1) is 29.8. The number of carbonyl (C=O) groups is 3. The van der Waals surface area contributed by atoms with Crippen LogP contribution < -0.4 is 15.4 Å². The Bertz CT molecular complexity index is 1520. The smallest absolute Gasteiger partial charge is 0.250 e. The predicted octanol–water partition coefficient (Wildman–Crippen LogP) is 3.56. The first-order valence-corrected chi connectivity index (χ1v) is 15.2. The Morgan fingerprint density at radius 3 is 2.25 bits per heavy atom. The zero-order chi connectivity index (χ0) is 31.1. The number of carbonyl (C=O) groups excluding carboxylic acids is 3. The van der Waals surface area contributed by atoms with Gasteiger partial charge in [0.15, 0.2) is 0 Å². The van der Waals surface area contributed by atoms with Gasteiger partial charge in [-0.3, -0.25) is 14.4 Å².